The molecule has 13 heteroatoms. The first-order chi connectivity index (χ1) is 18.1. The second kappa shape index (κ2) is 23.6. The second-order valence-corrected chi connectivity index (χ2v) is 10.2. The van der Waals surface area contributed by atoms with E-state index in [4.69, 9.17) is 25.7 Å². The topological polar surface area (TPSA) is 196 Å². The minimum absolute atomic E-state index is 0.0750. The maximum atomic E-state index is 12.0. The molecule has 230 valence electrons. The van der Waals surface area contributed by atoms with Gasteiger partial charge < -0.3 is 46.9 Å². The van der Waals surface area contributed by atoms with Gasteiger partial charge in [-0.3, -0.25) is 19.2 Å². The molecule has 0 radical (unpaired) electrons. The van der Waals surface area contributed by atoms with E-state index in [1.807, 2.05) is 41.5 Å². The van der Waals surface area contributed by atoms with Crippen LogP contribution in [0.15, 0.2) is 0 Å². The molecule has 0 heterocycles. The lowest BCUT2D eigenvalue weighted by Crippen LogP contribution is -2.40. The molecule has 6 atom stereocenters. The van der Waals surface area contributed by atoms with E-state index < -0.39 is 0 Å². The number of carbonyl (C=O) groups excluding carboxylic acids is 4. The molecule has 0 bridgehead atoms. The van der Waals surface area contributed by atoms with Crippen molar-refractivity contribution in [2.24, 2.45) is 11.5 Å². The number of nitrogens with two attached hydrogens (primary N) is 2. The lowest BCUT2D eigenvalue weighted by atomic mass is 10.2. The van der Waals surface area contributed by atoms with E-state index >= 15 is 0 Å². The van der Waals surface area contributed by atoms with Crippen molar-refractivity contribution in [1.82, 2.24) is 21.3 Å². The van der Waals surface area contributed by atoms with E-state index in [0.717, 1.165) is 0 Å². The van der Waals surface area contributed by atoms with Gasteiger partial charge in [0.1, 0.15) is 0 Å². The molecule has 8 N–H and O–H groups in total. The Morgan fingerprint density at radius 3 is 1.03 bits per heavy atom. The largest absolute Gasteiger partial charge is 0.378 e. The molecule has 0 saturated heterocycles. The Balaban J connectivity index is 0. The Morgan fingerprint density at radius 2 is 0.769 bits per heavy atom. The number of hydrogen-bond acceptors (Lipinski definition) is 9. The molecule has 0 spiro atoms. The Morgan fingerprint density at radius 1 is 0.513 bits per heavy atom. The first-order valence-electron chi connectivity index (χ1n) is 13.5. The molecular weight excluding hydrogens is 508 g/mol. The van der Waals surface area contributed by atoms with Gasteiger partial charge in [0.05, 0.1) is 39.6 Å². The van der Waals surface area contributed by atoms with E-state index in [9.17, 15) is 19.2 Å². The summed E-state index contributed by atoms with van der Waals surface area (Å²) in [7, 11) is 0. The van der Waals surface area contributed by atoms with E-state index in [0.29, 0.717) is 39.6 Å². The Bertz CT molecular complexity index is 638. The Kier molecular flexibility index (Phi) is 23.5. The first-order valence-corrected chi connectivity index (χ1v) is 13.5. The SMILES string of the molecule is CC(=O)NC(C)COCC(C)NC(=O)CCC(=O)NC(C)COCC(C)NC(C)=O.CC(N)COCC(C)N. The van der Waals surface area contributed by atoms with Crippen LogP contribution in [0.2, 0.25) is 0 Å². The van der Waals surface area contributed by atoms with Crippen LogP contribution >= 0.6 is 0 Å². The van der Waals surface area contributed by atoms with Crippen molar-refractivity contribution >= 4 is 23.6 Å². The van der Waals surface area contributed by atoms with Gasteiger partial charge in [-0.15, -0.1) is 0 Å². The minimum atomic E-state index is -0.232. The number of hydrogen-bond donors (Lipinski definition) is 6. The Labute approximate surface area is 234 Å². The molecule has 0 aromatic rings. The molecule has 13 nitrogen and oxygen atoms in total. The third kappa shape index (κ3) is 30.1. The third-order valence-corrected chi connectivity index (χ3v) is 4.53. The number of rotatable bonds is 19. The highest BCUT2D eigenvalue weighted by atomic mass is 16.5. The maximum absolute atomic E-state index is 12.0. The van der Waals surface area contributed by atoms with Gasteiger partial charge in [0.25, 0.3) is 0 Å². The van der Waals surface area contributed by atoms with Crippen molar-refractivity contribution in [1.29, 1.82) is 0 Å². The van der Waals surface area contributed by atoms with Crippen LogP contribution in [-0.4, -0.2) is 99.5 Å². The molecule has 0 saturated carbocycles. The van der Waals surface area contributed by atoms with Gasteiger partial charge in [0, 0.05) is 62.9 Å². The van der Waals surface area contributed by atoms with Crippen molar-refractivity contribution in [3.05, 3.63) is 0 Å². The predicted molar refractivity (Wildman–Crippen MR) is 151 cm³/mol. The molecule has 0 fully saturated rings. The zero-order chi connectivity index (χ0) is 30.4. The Hall–Kier alpha value is -2.32. The number of nitrogens with one attached hydrogen (secondary N) is 4. The highest BCUT2D eigenvalue weighted by Crippen LogP contribution is 1.96. The van der Waals surface area contributed by atoms with E-state index in [1.165, 1.54) is 13.8 Å². The number of ether oxygens (including phenoxy) is 3. The average molecular weight is 563 g/mol. The van der Waals surface area contributed by atoms with Gasteiger partial charge in [0.2, 0.25) is 23.6 Å². The van der Waals surface area contributed by atoms with E-state index in [2.05, 4.69) is 21.3 Å². The summed E-state index contributed by atoms with van der Waals surface area (Å²) in [6.45, 7) is 16.5. The maximum Gasteiger partial charge on any atom is 0.220 e. The summed E-state index contributed by atoms with van der Waals surface area (Å²) in [6, 6.07) is -0.388. The van der Waals surface area contributed by atoms with Crippen molar-refractivity contribution in [2.75, 3.05) is 39.6 Å². The van der Waals surface area contributed by atoms with Crippen LogP contribution < -0.4 is 32.7 Å². The standard InChI is InChI=1S/C20H38N4O6.C6H16N2O/c1-13(21-17(5)25)9-29-11-15(3)23-19(27)7-8-20(28)24-16(4)12-30-10-14(2)22-18(6)26;1-5(7)3-9-4-6(2)8/h13-16H,7-12H2,1-6H3,(H,21,25)(H,22,26)(H,23,27)(H,24,28);5-6H,3-4,7-8H2,1-2H3. The lowest BCUT2D eigenvalue weighted by Gasteiger charge is -2.18. The van der Waals surface area contributed by atoms with Crippen molar-refractivity contribution in [3.63, 3.8) is 0 Å². The van der Waals surface area contributed by atoms with Crippen LogP contribution in [0, 0.1) is 0 Å². The average Bonchev–Trinajstić information content (AvgIpc) is 2.76. The summed E-state index contributed by atoms with van der Waals surface area (Å²) in [6.07, 6.45) is 0.150. The van der Waals surface area contributed by atoms with Gasteiger partial charge in [-0.1, -0.05) is 0 Å². The summed E-state index contributed by atoms with van der Waals surface area (Å²) in [5.74, 6) is -0.703. The fourth-order valence-corrected chi connectivity index (χ4v) is 3.06. The van der Waals surface area contributed by atoms with Crippen LogP contribution in [-0.2, 0) is 33.4 Å². The van der Waals surface area contributed by atoms with Gasteiger partial charge >= 0.3 is 0 Å². The zero-order valence-electron chi connectivity index (χ0n) is 25.1. The summed E-state index contributed by atoms with van der Waals surface area (Å²) in [4.78, 5) is 45.8. The molecule has 0 aliphatic heterocycles. The van der Waals surface area contributed by atoms with Crippen LogP contribution in [0.3, 0.4) is 0 Å². The molecule has 4 amide bonds. The van der Waals surface area contributed by atoms with Gasteiger partial charge in [0.15, 0.2) is 0 Å². The number of carbonyl (C=O) groups is 4. The normalized spacial score (nSPS) is 15.3. The zero-order valence-corrected chi connectivity index (χ0v) is 25.1. The van der Waals surface area contributed by atoms with Crippen molar-refractivity contribution in [2.45, 2.75) is 104 Å². The van der Waals surface area contributed by atoms with Crippen molar-refractivity contribution in [3.8, 4) is 0 Å². The van der Waals surface area contributed by atoms with Gasteiger partial charge in [-0.25, -0.2) is 0 Å². The third-order valence-electron chi connectivity index (χ3n) is 4.53. The van der Waals surface area contributed by atoms with Crippen LogP contribution in [0.1, 0.15) is 68.2 Å². The van der Waals surface area contributed by atoms with Crippen LogP contribution in [0.25, 0.3) is 0 Å². The summed E-state index contributed by atoms with van der Waals surface area (Å²) < 4.78 is 16.0. The predicted octanol–water partition coefficient (Wildman–Crippen LogP) is -0.444. The fourth-order valence-electron chi connectivity index (χ4n) is 3.06. The van der Waals surface area contributed by atoms with Crippen molar-refractivity contribution < 1.29 is 33.4 Å². The molecule has 0 aliphatic carbocycles. The van der Waals surface area contributed by atoms with Crippen LogP contribution in [0.4, 0.5) is 0 Å². The van der Waals surface area contributed by atoms with Gasteiger partial charge in [-0.05, 0) is 41.5 Å². The molecule has 6 unspecified atom stereocenters. The van der Waals surface area contributed by atoms with Gasteiger partial charge in [-0.2, -0.15) is 0 Å². The quantitative estimate of drug-likeness (QED) is 0.121. The van der Waals surface area contributed by atoms with E-state index in [-0.39, 0.29) is 72.7 Å². The highest BCUT2D eigenvalue weighted by molar-refractivity contribution is 5.83. The fraction of sp³-hybridized carbons (Fsp3) is 0.846. The summed E-state index contributed by atoms with van der Waals surface area (Å²) in [5, 5.41) is 11.0. The smallest absolute Gasteiger partial charge is 0.220 e. The lowest BCUT2D eigenvalue weighted by molar-refractivity contribution is -0.127. The second-order valence-electron chi connectivity index (χ2n) is 10.2. The molecule has 0 aromatic carbocycles. The molecule has 39 heavy (non-hydrogen) atoms. The molecule has 0 rings (SSSR count). The minimum Gasteiger partial charge on any atom is -0.378 e. The molecule has 0 aromatic heterocycles. The number of amides is 4. The monoisotopic (exact) mass is 562 g/mol. The first kappa shape index (κ1) is 38.8. The summed E-state index contributed by atoms with van der Waals surface area (Å²) in [5.41, 5.74) is 10.8. The summed E-state index contributed by atoms with van der Waals surface area (Å²) >= 11 is 0. The van der Waals surface area contributed by atoms with Crippen LogP contribution in [0.5, 0.6) is 0 Å². The molecule has 0 aliphatic rings. The van der Waals surface area contributed by atoms with E-state index in [1.54, 1.807) is 0 Å². The molecular formula is C26H54N6O7. The highest BCUT2D eigenvalue weighted by Gasteiger charge is 2.13.